The van der Waals surface area contributed by atoms with Crippen molar-refractivity contribution in [3.8, 4) is 0 Å². The standard InChI is InChI=1S/C20H19NO3/c1-14-7-9-15(10-8-14)11-12-18(22)21-20(19(23)24)13-17(20)16-5-3-2-4-6-16/h2-12,17H,13H2,1H3,(H,21,22)(H,23,24)/b12-11+. The number of carboxylic acid groups (broad SMARTS) is 1. The monoisotopic (exact) mass is 321 g/mol. The van der Waals surface area contributed by atoms with E-state index in [9.17, 15) is 14.7 Å². The van der Waals surface area contributed by atoms with Crippen LogP contribution in [-0.2, 0) is 9.59 Å². The number of amides is 1. The van der Waals surface area contributed by atoms with Gasteiger partial charge in [-0.3, -0.25) is 4.79 Å². The maximum atomic E-state index is 12.2. The summed E-state index contributed by atoms with van der Waals surface area (Å²) in [4.78, 5) is 23.8. The smallest absolute Gasteiger partial charge is 0.330 e. The van der Waals surface area contributed by atoms with Crippen LogP contribution in [0.5, 0.6) is 0 Å². The molecule has 122 valence electrons. The lowest BCUT2D eigenvalue weighted by Gasteiger charge is -2.13. The van der Waals surface area contributed by atoms with Crippen molar-refractivity contribution in [1.82, 2.24) is 5.32 Å². The van der Waals surface area contributed by atoms with Gasteiger partial charge in [-0.15, -0.1) is 0 Å². The van der Waals surface area contributed by atoms with Gasteiger partial charge in [0.15, 0.2) is 0 Å². The number of carbonyl (C=O) groups is 2. The van der Waals surface area contributed by atoms with E-state index in [-0.39, 0.29) is 5.92 Å². The Bertz CT molecular complexity index is 780. The molecule has 0 radical (unpaired) electrons. The van der Waals surface area contributed by atoms with Crippen molar-refractivity contribution in [1.29, 1.82) is 0 Å². The SMILES string of the molecule is Cc1ccc(/C=C/C(=O)NC2(C(=O)O)CC2c2ccccc2)cc1. The zero-order valence-corrected chi connectivity index (χ0v) is 13.4. The Balaban J connectivity index is 1.70. The molecular weight excluding hydrogens is 302 g/mol. The molecule has 0 bridgehead atoms. The quantitative estimate of drug-likeness (QED) is 0.832. The predicted molar refractivity (Wildman–Crippen MR) is 92.5 cm³/mol. The molecule has 4 nitrogen and oxygen atoms in total. The summed E-state index contributed by atoms with van der Waals surface area (Å²) in [6, 6.07) is 17.2. The van der Waals surface area contributed by atoms with Crippen LogP contribution in [0.25, 0.3) is 6.08 Å². The first-order valence-electron chi connectivity index (χ1n) is 7.86. The fourth-order valence-electron chi connectivity index (χ4n) is 2.89. The van der Waals surface area contributed by atoms with E-state index >= 15 is 0 Å². The van der Waals surface area contributed by atoms with Gasteiger partial charge in [-0.2, -0.15) is 0 Å². The zero-order chi connectivity index (χ0) is 17.2. The van der Waals surface area contributed by atoms with Gasteiger partial charge in [-0.1, -0.05) is 60.2 Å². The molecule has 0 aliphatic heterocycles. The van der Waals surface area contributed by atoms with Gasteiger partial charge in [0.2, 0.25) is 5.91 Å². The van der Waals surface area contributed by atoms with E-state index in [1.54, 1.807) is 6.08 Å². The van der Waals surface area contributed by atoms with Crippen molar-refractivity contribution in [3.63, 3.8) is 0 Å². The highest BCUT2D eigenvalue weighted by atomic mass is 16.4. The lowest BCUT2D eigenvalue weighted by molar-refractivity contribution is -0.142. The number of hydrogen-bond acceptors (Lipinski definition) is 2. The minimum atomic E-state index is -1.20. The van der Waals surface area contributed by atoms with Crippen LogP contribution in [0.1, 0.15) is 29.0 Å². The fraction of sp³-hybridized carbons (Fsp3) is 0.200. The van der Waals surface area contributed by atoms with Crippen LogP contribution in [0.2, 0.25) is 0 Å². The molecule has 3 rings (SSSR count). The van der Waals surface area contributed by atoms with Crippen LogP contribution in [0.15, 0.2) is 60.7 Å². The van der Waals surface area contributed by atoms with Crippen molar-refractivity contribution in [2.24, 2.45) is 0 Å². The molecule has 2 aromatic carbocycles. The lowest BCUT2D eigenvalue weighted by Crippen LogP contribution is -2.43. The van der Waals surface area contributed by atoms with E-state index in [0.29, 0.717) is 6.42 Å². The van der Waals surface area contributed by atoms with E-state index < -0.39 is 17.4 Å². The minimum absolute atomic E-state index is 0.187. The molecule has 24 heavy (non-hydrogen) atoms. The first-order chi connectivity index (χ1) is 11.5. The second-order valence-electron chi connectivity index (χ2n) is 6.18. The molecule has 1 fully saturated rings. The zero-order valence-electron chi connectivity index (χ0n) is 13.4. The molecule has 1 saturated carbocycles. The Morgan fingerprint density at radius 2 is 1.79 bits per heavy atom. The number of aliphatic carboxylic acids is 1. The highest BCUT2D eigenvalue weighted by Crippen LogP contribution is 2.51. The molecular formula is C20H19NO3. The van der Waals surface area contributed by atoms with Gasteiger partial charge in [0.05, 0.1) is 0 Å². The number of carboxylic acids is 1. The van der Waals surface area contributed by atoms with Gasteiger partial charge in [-0.05, 0) is 30.5 Å². The van der Waals surface area contributed by atoms with Crippen molar-refractivity contribution < 1.29 is 14.7 Å². The summed E-state index contributed by atoms with van der Waals surface area (Å²) in [5.74, 6) is -1.57. The number of nitrogens with one attached hydrogen (secondary N) is 1. The maximum Gasteiger partial charge on any atom is 0.330 e. The van der Waals surface area contributed by atoms with Crippen molar-refractivity contribution in [2.75, 3.05) is 0 Å². The molecule has 1 amide bonds. The van der Waals surface area contributed by atoms with E-state index in [2.05, 4.69) is 5.32 Å². The van der Waals surface area contributed by atoms with Gasteiger partial charge >= 0.3 is 5.97 Å². The lowest BCUT2D eigenvalue weighted by atomic mass is 10.1. The highest BCUT2D eigenvalue weighted by Gasteiger charge is 2.62. The largest absolute Gasteiger partial charge is 0.479 e. The summed E-state index contributed by atoms with van der Waals surface area (Å²) in [5, 5.41) is 12.2. The van der Waals surface area contributed by atoms with Gasteiger partial charge in [-0.25, -0.2) is 4.79 Å². The Labute approximate surface area is 140 Å². The number of hydrogen-bond donors (Lipinski definition) is 2. The van der Waals surface area contributed by atoms with Gasteiger partial charge in [0.25, 0.3) is 0 Å². The van der Waals surface area contributed by atoms with E-state index in [4.69, 9.17) is 0 Å². The summed E-state index contributed by atoms with van der Waals surface area (Å²) >= 11 is 0. The molecule has 2 aromatic rings. The third-order valence-corrected chi connectivity index (χ3v) is 4.40. The summed E-state index contributed by atoms with van der Waals surface area (Å²) < 4.78 is 0. The third kappa shape index (κ3) is 3.23. The Morgan fingerprint density at radius 3 is 2.42 bits per heavy atom. The topological polar surface area (TPSA) is 66.4 Å². The van der Waals surface area contributed by atoms with Crippen LogP contribution in [0, 0.1) is 6.92 Å². The van der Waals surface area contributed by atoms with Crippen molar-refractivity contribution in [2.45, 2.75) is 24.8 Å². The van der Waals surface area contributed by atoms with Crippen molar-refractivity contribution in [3.05, 3.63) is 77.4 Å². The number of rotatable bonds is 5. The van der Waals surface area contributed by atoms with Crippen LogP contribution in [-0.4, -0.2) is 22.5 Å². The first-order valence-corrected chi connectivity index (χ1v) is 7.86. The molecule has 0 spiro atoms. The molecule has 2 unspecified atom stereocenters. The molecule has 1 aliphatic rings. The van der Waals surface area contributed by atoms with Crippen LogP contribution >= 0.6 is 0 Å². The number of carbonyl (C=O) groups excluding carboxylic acids is 1. The predicted octanol–water partition coefficient (Wildman–Crippen LogP) is 3.14. The summed E-state index contributed by atoms with van der Waals surface area (Å²) in [5.41, 5.74) is 1.78. The average Bonchev–Trinajstić information content (AvgIpc) is 3.31. The molecule has 4 heteroatoms. The molecule has 2 atom stereocenters. The number of aryl methyl sites for hydroxylation is 1. The van der Waals surface area contributed by atoms with Crippen LogP contribution < -0.4 is 5.32 Å². The van der Waals surface area contributed by atoms with E-state index in [1.807, 2.05) is 61.5 Å². The van der Waals surface area contributed by atoms with Gasteiger partial charge in [0.1, 0.15) is 5.54 Å². The molecule has 0 saturated heterocycles. The Hall–Kier alpha value is -2.88. The van der Waals surface area contributed by atoms with Crippen molar-refractivity contribution >= 4 is 18.0 Å². The van der Waals surface area contributed by atoms with Crippen LogP contribution in [0.4, 0.5) is 0 Å². The van der Waals surface area contributed by atoms with Gasteiger partial charge < -0.3 is 10.4 Å². The second kappa shape index (κ2) is 6.32. The Kier molecular flexibility index (Phi) is 4.21. The summed E-state index contributed by atoms with van der Waals surface area (Å²) in [7, 11) is 0. The molecule has 0 aromatic heterocycles. The summed E-state index contributed by atoms with van der Waals surface area (Å²) in [6.45, 7) is 1.99. The van der Waals surface area contributed by atoms with E-state index in [1.165, 1.54) is 6.08 Å². The van der Waals surface area contributed by atoms with E-state index in [0.717, 1.165) is 16.7 Å². The fourth-order valence-corrected chi connectivity index (χ4v) is 2.89. The third-order valence-electron chi connectivity index (χ3n) is 4.40. The minimum Gasteiger partial charge on any atom is -0.479 e. The normalized spacial score (nSPS) is 22.3. The maximum absolute atomic E-state index is 12.2. The molecule has 0 heterocycles. The second-order valence-corrected chi connectivity index (χ2v) is 6.18. The number of benzene rings is 2. The summed E-state index contributed by atoms with van der Waals surface area (Å²) in [6.07, 6.45) is 3.48. The molecule has 1 aliphatic carbocycles. The Morgan fingerprint density at radius 1 is 1.12 bits per heavy atom. The van der Waals surface area contributed by atoms with Gasteiger partial charge in [0, 0.05) is 12.0 Å². The van der Waals surface area contributed by atoms with Crippen LogP contribution in [0.3, 0.4) is 0 Å². The first kappa shape index (κ1) is 16.0. The molecule has 2 N–H and O–H groups in total. The average molecular weight is 321 g/mol. The highest BCUT2D eigenvalue weighted by molar-refractivity contribution is 5.98.